The van der Waals surface area contributed by atoms with Gasteiger partial charge in [-0.3, -0.25) is 4.79 Å². The van der Waals surface area contributed by atoms with Crippen molar-refractivity contribution in [1.29, 1.82) is 0 Å². The average molecular weight is 453 g/mol. The molecule has 1 aliphatic heterocycles. The first-order valence-electron chi connectivity index (χ1n) is 10.3. The highest BCUT2D eigenvalue weighted by Crippen LogP contribution is 2.37. The maximum absolute atomic E-state index is 12.9. The summed E-state index contributed by atoms with van der Waals surface area (Å²) in [5.74, 6) is -0.353. The summed E-state index contributed by atoms with van der Waals surface area (Å²) >= 11 is 0. The number of nitrogens with two attached hydrogens (primary N) is 1. The van der Waals surface area contributed by atoms with Gasteiger partial charge in [-0.1, -0.05) is 0 Å². The van der Waals surface area contributed by atoms with E-state index < -0.39 is 17.5 Å². The van der Waals surface area contributed by atoms with Crippen LogP contribution in [0.2, 0.25) is 0 Å². The zero-order valence-corrected chi connectivity index (χ0v) is 17.8. The van der Waals surface area contributed by atoms with Crippen molar-refractivity contribution < 1.29 is 27.8 Å². The number of aromatic nitrogens is 2. The van der Waals surface area contributed by atoms with Crippen molar-refractivity contribution in [3.63, 3.8) is 0 Å². The lowest BCUT2D eigenvalue weighted by atomic mass is 9.99. The summed E-state index contributed by atoms with van der Waals surface area (Å²) in [6, 6.07) is 2.35. The quantitative estimate of drug-likeness (QED) is 0.493. The Morgan fingerprint density at radius 2 is 2.09 bits per heavy atom. The molecule has 2 aromatic rings. The minimum atomic E-state index is -4.56. The van der Waals surface area contributed by atoms with Gasteiger partial charge in [-0.25, -0.2) is 0 Å². The van der Waals surface area contributed by atoms with Gasteiger partial charge in [0.25, 0.3) is 0 Å². The number of piperidine rings is 1. The summed E-state index contributed by atoms with van der Waals surface area (Å²) in [5.41, 5.74) is 6.61. The van der Waals surface area contributed by atoms with Crippen LogP contribution in [-0.2, 0) is 22.3 Å². The predicted molar refractivity (Wildman–Crippen MR) is 112 cm³/mol. The van der Waals surface area contributed by atoms with Gasteiger partial charge in [-0.2, -0.15) is 13.2 Å². The molecule has 0 bridgehead atoms. The number of halogens is 3. The van der Waals surface area contributed by atoms with Gasteiger partial charge in [0.05, 0.1) is 12.2 Å². The second-order valence-corrected chi connectivity index (χ2v) is 7.57. The summed E-state index contributed by atoms with van der Waals surface area (Å²) in [4.78, 5) is 11.9. The molecule has 0 spiro atoms. The minimum absolute atomic E-state index is 0.0231. The molecule has 1 aromatic heterocycles. The van der Waals surface area contributed by atoms with Crippen molar-refractivity contribution in [3.05, 3.63) is 34.9 Å². The van der Waals surface area contributed by atoms with Crippen molar-refractivity contribution >= 4 is 11.8 Å². The van der Waals surface area contributed by atoms with Gasteiger partial charge >= 0.3 is 12.1 Å². The number of benzene rings is 1. The van der Waals surface area contributed by atoms with Crippen LogP contribution in [0.5, 0.6) is 5.75 Å². The molecule has 1 aromatic carbocycles. The maximum atomic E-state index is 12.9. The van der Waals surface area contributed by atoms with Crippen LogP contribution in [0.15, 0.2) is 18.2 Å². The summed E-state index contributed by atoms with van der Waals surface area (Å²) in [7, 11) is 0. The normalized spacial score (nSPS) is 18.9. The van der Waals surface area contributed by atoms with E-state index in [0.717, 1.165) is 6.07 Å². The Balaban J connectivity index is 1.79. The SMILES string of the molecule is CCOC(=O)[C@@H]1CC[C@@H](Nc2nnc(-c3ccc(C(F)(F)F)cc3O)c(C)c2CN)CN1. The molecule has 0 radical (unpaired) electrons. The predicted octanol–water partition coefficient (Wildman–Crippen LogP) is 2.73. The molecule has 32 heavy (non-hydrogen) atoms. The Hall–Kier alpha value is -2.92. The lowest BCUT2D eigenvalue weighted by Gasteiger charge is -2.30. The zero-order valence-electron chi connectivity index (χ0n) is 17.8. The number of anilines is 1. The van der Waals surface area contributed by atoms with Gasteiger partial charge in [-0.15, -0.1) is 10.2 Å². The summed E-state index contributed by atoms with van der Waals surface area (Å²) < 4.78 is 43.7. The molecule has 0 amide bonds. The first-order valence-corrected chi connectivity index (χ1v) is 10.3. The number of carbonyl (C=O) groups excluding carboxylic acids is 1. The highest BCUT2D eigenvalue weighted by Gasteiger charge is 2.32. The molecular weight excluding hydrogens is 427 g/mol. The largest absolute Gasteiger partial charge is 0.507 e. The molecule has 1 aliphatic rings. The second kappa shape index (κ2) is 9.70. The van der Waals surface area contributed by atoms with E-state index in [2.05, 4.69) is 20.8 Å². The first-order chi connectivity index (χ1) is 15.2. The lowest BCUT2D eigenvalue weighted by Crippen LogP contribution is -2.49. The third kappa shape index (κ3) is 5.10. The topological polar surface area (TPSA) is 122 Å². The molecule has 1 saturated heterocycles. The van der Waals surface area contributed by atoms with E-state index in [1.54, 1.807) is 13.8 Å². The molecule has 8 nitrogen and oxygen atoms in total. The zero-order chi connectivity index (χ0) is 23.5. The standard InChI is InChI=1S/C21H26F3N5O3/c1-3-32-20(31)16-7-5-13(10-26-16)27-19-15(9-25)11(2)18(28-29-19)14-6-4-12(8-17(14)30)21(22,23)24/h4,6,8,13,16,26,30H,3,5,7,9-10,25H2,1-2H3,(H,27,29)/t13-,16+/m1/s1. The van der Waals surface area contributed by atoms with Crippen molar-refractivity contribution in [2.24, 2.45) is 5.73 Å². The van der Waals surface area contributed by atoms with E-state index in [4.69, 9.17) is 10.5 Å². The maximum Gasteiger partial charge on any atom is 0.416 e. The van der Waals surface area contributed by atoms with Crippen molar-refractivity contribution in [1.82, 2.24) is 15.5 Å². The number of hydrogen-bond donors (Lipinski definition) is 4. The fourth-order valence-electron chi connectivity index (χ4n) is 3.70. The minimum Gasteiger partial charge on any atom is -0.507 e. The monoisotopic (exact) mass is 453 g/mol. The Bertz CT molecular complexity index is 976. The van der Waals surface area contributed by atoms with Crippen LogP contribution in [0.1, 0.15) is 36.5 Å². The first kappa shape index (κ1) is 23.7. The van der Waals surface area contributed by atoms with Gasteiger partial charge in [0.1, 0.15) is 17.5 Å². The Labute approximate surface area is 183 Å². The Morgan fingerprint density at radius 1 is 1.34 bits per heavy atom. The third-order valence-corrected chi connectivity index (χ3v) is 5.45. The lowest BCUT2D eigenvalue weighted by molar-refractivity contribution is -0.146. The number of phenolic OH excluding ortho intramolecular Hbond substituents is 1. The van der Waals surface area contributed by atoms with E-state index >= 15 is 0 Å². The molecule has 5 N–H and O–H groups in total. The third-order valence-electron chi connectivity index (χ3n) is 5.45. The second-order valence-electron chi connectivity index (χ2n) is 7.57. The number of alkyl halides is 3. The molecule has 3 rings (SSSR count). The molecule has 0 saturated carbocycles. The number of aromatic hydroxyl groups is 1. The number of rotatable bonds is 6. The fraction of sp³-hybridized carbons (Fsp3) is 0.476. The Morgan fingerprint density at radius 3 is 2.66 bits per heavy atom. The number of nitrogens with one attached hydrogen (secondary N) is 2. The summed E-state index contributed by atoms with van der Waals surface area (Å²) in [5, 5.41) is 24.9. The number of phenols is 1. The van der Waals surface area contributed by atoms with Gasteiger partial charge in [0.2, 0.25) is 0 Å². The number of nitrogens with zero attached hydrogens (tertiary/aromatic N) is 2. The van der Waals surface area contributed by atoms with E-state index in [9.17, 15) is 23.1 Å². The number of hydrogen-bond acceptors (Lipinski definition) is 8. The van der Waals surface area contributed by atoms with Crippen LogP contribution in [0.3, 0.4) is 0 Å². The van der Waals surface area contributed by atoms with E-state index in [-0.39, 0.29) is 35.9 Å². The van der Waals surface area contributed by atoms with E-state index in [1.807, 2.05) is 0 Å². The van der Waals surface area contributed by atoms with E-state index in [1.165, 1.54) is 6.07 Å². The van der Waals surface area contributed by atoms with Crippen LogP contribution in [0.25, 0.3) is 11.3 Å². The van der Waals surface area contributed by atoms with Crippen molar-refractivity contribution in [2.45, 2.75) is 51.5 Å². The van der Waals surface area contributed by atoms with Crippen LogP contribution >= 0.6 is 0 Å². The van der Waals surface area contributed by atoms with Gasteiger partial charge in [0, 0.05) is 30.3 Å². The highest BCUT2D eigenvalue weighted by molar-refractivity contribution is 5.76. The highest BCUT2D eigenvalue weighted by atomic mass is 19.4. The number of ether oxygens (including phenoxy) is 1. The van der Waals surface area contributed by atoms with Crippen LogP contribution in [0, 0.1) is 6.92 Å². The molecule has 1 fully saturated rings. The van der Waals surface area contributed by atoms with Crippen LogP contribution in [-0.4, -0.2) is 46.5 Å². The van der Waals surface area contributed by atoms with Gasteiger partial charge < -0.3 is 26.2 Å². The molecule has 11 heteroatoms. The number of esters is 1. The van der Waals surface area contributed by atoms with E-state index in [0.29, 0.717) is 49.0 Å². The molecule has 0 unspecified atom stereocenters. The molecule has 174 valence electrons. The molecule has 2 heterocycles. The van der Waals surface area contributed by atoms with Crippen LogP contribution < -0.4 is 16.4 Å². The van der Waals surface area contributed by atoms with Gasteiger partial charge in [-0.05, 0) is 50.5 Å². The fourth-order valence-corrected chi connectivity index (χ4v) is 3.70. The summed E-state index contributed by atoms with van der Waals surface area (Å²) in [6.45, 7) is 4.44. The smallest absolute Gasteiger partial charge is 0.416 e. The summed E-state index contributed by atoms with van der Waals surface area (Å²) in [6.07, 6.45) is -3.27. The molecule has 2 atom stereocenters. The van der Waals surface area contributed by atoms with Gasteiger partial charge in [0.15, 0.2) is 5.82 Å². The Kier molecular flexibility index (Phi) is 7.19. The van der Waals surface area contributed by atoms with Crippen molar-refractivity contribution in [3.8, 4) is 17.0 Å². The molecule has 0 aliphatic carbocycles. The van der Waals surface area contributed by atoms with Crippen LogP contribution in [0.4, 0.5) is 19.0 Å². The average Bonchev–Trinajstić information content (AvgIpc) is 2.74. The number of carbonyl (C=O) groups is 1. The molecular formula is C21H26F3N5O3. The van der Waals surface area contributed by atoms with Crippen molar-refractivity contribution in [2.75, 3.05) is 18.5 Å².